The van der Waals surface area contributed by atoms with Crippen LogP contribution in [0.15, 0.2) is 13.6 Å². The summed E-state index contributed by atoms with van der Waals surface area (Å²) in [6.07, 6.45) is 4.80. The molecule has 0 bridgehead atoms. The maximum absolute atomic E-state index is 12.5. The third kappa shape index (κ3) is 3.17. The van der Waals surface area contributed by atoms with Crippen LogP contribution in [0.1, 0.15) is 43.0 Å². The third-order valence-electron chi connectivity index (χ3n) is 3.66. The molecule has 1 saturated carbocycles. The van der Waals surface area contributed by atoms with Gasteiger partial charge < -0.3 is 4.90 Å². The summed E-state index contributed by atoms with van der Waals surface area (Å²) in [7, 11) is 1.93. The number of thiophene rings is 1. The highest BCUT2D eigenvalue weighted by atomic mass is 79.9. The van der Waals surface area contributed by atoms with Crippen LogP contribution in [0.25, 0.3) is 0 Å². The van der Waals surface area contributed by atoms with E-state index < -0.39 is 0 Å². The predicted octanol–water partition coefficient (Wildman–Crippen LogP) is 4.92. The minimum Gasteiger partial charge on any atom is -0.339 e. The van der Waals surface area contributed by atoms with Crippen LogP contribution >= 0.6 is 43.2 Å². The highest BCUT2D eigenvalue weighted by Gasteiger charge is 2.27. The first-order chi connectivity index (χ1) is 8.49. The summed E-state index contributed by atoms with van der Waals surface area (Å²) >= 11 is 8.43. The van der Waals surface area contributed by atoms with Crippen molar-refractivity contribution in [1.82, 2.24) is 4.90 Å². The Balaban J connectivity index is 2.11. The number of carbonyl (C=O) groups excluding carboxylic acids is 1. The summed E-state index contributed by atoms with van der Waals surface area (Å²) in [5, 5.41) is 0. The van der Waals surface area contributed by atoms with Crippen LogP contribution in [0, 0.1) is 5.92 Å². The summed E-state index contributed by atoms with van der Waals surface area (Å²) in [4.78, 5) is 14.4. The average Bonchev–Trinajstić information content (AvgIpc) is 2.66. The van der Waals surface area contributed by atoms with Crippen molar-refractivity contribution in [3.63, 3.8) is 0 Å². The van der Waals surface area contributed by atoms with Gasteiger partial charge in [-0.2, -0.15) is 0 Å². The molecule has 2 nitrogen and oxygen atoms in total. The molecular formula is C13H17Br2NOS. The topological polar surface area (TPSA) is 20.3 Å². The van der Waals surface area contributed by atoms with Gasteiger partial charge in [-0.3, -0.25) is 4.79 Å². The number of hydrogen-bond acceptors (Lipinski definition) is 2. The lowest BCUT2D eigenvalue weighted by Crippen LogP contribution is -2.39. The summed E-state index contributed by atoms with van der Waals surface area (Å²) < 4.78 is 1.90. The van der Waals surface area contributed by atoms with Crippen molar-refractivity contribution >= 4 is 49.1 Å². The van der Waals surface area contributed by atoms with E-state index in [-0.39, 0.29) is 5.91 Å². The van der Waals surface area contributed by atoms with Crippen LogP contribution in [0.2, 0.25) is 0 Å². The van der Waals surface area contributed by atoms with Crippen molar-refractivity contribution in [2.24, 2.45) is 5.92 Å². The molecule has 100 valence electrons. The maximum atomic E-state index is 12.5. The molecule has 0 radical (unpaired) electrons. The highest BCUT2D eigenvalue weighted by molar-refractivity contribution is 9.12. The molecule has 1 fully saturated rings. The summed E-state index contributed by atoms with van der Waals surface area (Å²) in [6, 6.07) is 2.30. The predicted molar refractivity (Wildman–Crippen MR) is 83.2 cm³/mol. The number of halogens is 2. The van der Waals surface area contributed by atoms with Gasteiger partial charge in [0, 0.05) is 13.1 Å². The van der Waals surface area contributed by atoms with Crippen LogP contribution in [-0.4, -0.2) is 23.9 Å². The van der Waals surface area contributed by atoms with E-state index in [4.69, 9.17) is 0 Å². The van der Waals surface area contributed by atoms with Crippen molar-refractivity contribution in [3.05, 3.63) is 19.2 Å². The van der Waals surface area contributed by atoms with E-state index in [1.54, 1.807) is 11.3 Å². The largest absolute Gasteiger partial charge is 0.339 e. The minimum absolute atomic E-state index is 0.128. The minimum atomic E-state index is 0.128. The fourth-order valence-electron chi connectivity index (χ4n) is 2.60. The molecule has 0 spiro atoms. The number of rotatable bonds is 2. The number of hydrogen-bond donors (Lipinski definition) is 0. The zero-order chi connectivity index (χ0) is 13.3. The van der Waals surface area contributed by atoms with Crippen LogP contribution in [0.4, 0.5) is 0 Å². The van der Waals surface area contributed by atoms with Gasteiger partial charge in [0.15, 0.2) is 0 Å². The van der Waals surface area contributed by atoms with Crippen molar-refractivity contribution in [2.75, 3.05) is 7.05 Å². The van der Waals surface area contributed by atoms with Crippen molar-refractivity contribution in [1.29, 1.82) is 0 Å². The molecule has 2 rings (SSSR count). The van der Waals surface area contributed by atoms with Crippen LogP contribution < -0.4 is 0 Å². The van der Waals surface area contributed by atoms with Gasteiger partial charge in [-0.15, -0.1) is 11.3 Å². The molecule has 1 aromatic heterocycles. The number of amides is 1. The van der Waals surface area contributed by atoms with Gasteiger partial charge in [-0.25, -0.2) is 0 Å². The molecule has 0 aromatic carbocycles. The monoisotopic (exact) mass is 393 g/mol. The highest BCUT2D eigenvalue weighted by Crippen LogP contribution is 2.34. The fraction of sp³-hybridized carbons (Fsp3) is 0.615. The van der Waals surface area contributed by atoms with Gasteiger partial charge in [0.2, 0.25) is 0 Å². The molecule has 18 heavy (non-hydrogen) atoms. The van der Waals surface area contributed by atoms with Gasteiger partial charge in [-0.1, -0.05) is 19.8 Å². The second-order valence-corrected chi connectivity index (χ2v) is 8.83. The Morgan fingerprint density at radius 1 is 1.44 bits per heavy atom. The Bertz CT molecular complexity index is 446. The molecule has 1 heterocycles. The molecular weight excluding hydrogens is 378 g/mol. The molecule has 1 aromatic rings. The Morgan fingerprint density at radius 3 is 2.72 bits per heavy atom. The zero-order valence-electron chi connectivity index (χ0n) is 10.6. The van der Waals surface area contributed by atoms with Crippen LogP contribution in [0.3, 0.4) is 0 Å². The van der Waals surface area contributed by atoms with E-state index in [2.05, 4.69) is 38.8 Å². The first-order valence-corrected chi connectivity index (χ1v) is 8.61. The zero-order valence-corrected chi connectivity index (χ0v) is 14.6. The standard InChI is InChI=1S/C13H17Br2NOS/c1-8-4-3-5-9(6-8)16(2)13(17)10-7-11(14)18-12(10)15/h7-9H,3-6H2,1-2H3. The molecule has 0 saturated heterocycles. The van der Waals surface area contributed by atoms with E-state index in [0.717, 1.165) is 31.9 Å². The second-order valence-electron chi connectivity index (χ2n) is 5.08. The lowest BCUT2D eigenvalue weighted by molar-refractivity contribution is 0.0672. The molecule has 5 heteroatoms. The van der Waals surface area contributed by atoms with Crippen LogP contribution in [-0.2, 0) is 0 Å². The first-order valence-electron chi connectivity index (χ1n) is 6.21. The van der Waals surface area contributed by atoms with Gasteiger partial charge in [-0.05, 0) is 56.7 Å². The lowest BCUT2D eigenvalue weighted by Gasteiger charge is -2.34. The Hall–Kier alpha value is 0.130. The van der Waals surface area contributed by atoms with Gasteiger partial charge >= 0.3 is 0 Å². The van der Waals surface area contributed by atoms with E-state index >= 15 is 0 Å². The normalized spacial score (nSPS) is 24.0. The molecule has 2 unspecified atom stereocenters. The maximum Gasteiger partial charge on any atom is 0.255 e. The summed E-state index contributed by atoms with van der Waals surface area (Å²) in [5.74, 6) is 0.861. The van der Waals surface area contributed by atoms with Gasteiger partial charge in [0.1, 0.15) is 0 Å². The van der Waals surface area contributed by atoms with Crippen LogP contribution in [0.5, 0.6) is 0 Å². The molecule has 1 aliphatic carbocycles. The molecule has 0 N–H and O–H groups in total. The molecule has 2 atom stereocenters. The quantitative estimate of drug-likeness (QED) is 0.696. The number of carbonyl (C=O) groups is 1. The Morgan fingerprint density at radius 2 is 2.17 bits per heavy atom. The summed E-state index contributed by atoms with van der Waals surface area (Å²) in [6.45, 7) is 2.28. The van der Waals surface area contributed by atoms with Crippen molar-refractivity contribution < 1.29 is 4.79 Å². The molecule has 0 aliphatic heterocycles. The molecule has 1 amide bonds. The summed E-state index contributed by atoms with van der Waals surface area (Å²) in [5.41, 5.74) is 0.771. The number of nitrogens with zero attached hydrogens (tertiary/aromatic N) is 1. The Kier molecular flexibility index (Phi) is 4.89. The SMILES string of the molecule is CC1CCCC(N(C)C(=O)c2cc(Br)sc2Br)C1. The van der Waals surface area contributed by atoms with E-state index in [1.165, 1.54) is 12.8 Å². The van der Waals surface area contributed by atoms with E-state index in [1.807, 2.05) is 18.0 Å². The Labute approximate surface area is 129 Å². The van der Waals surface area contributed by atoms with Gasteiger partial charge in [0.25, 0.3) is 5.91 Å². The smallest absolute Gasteiger partial charge is 0.255 e. The van der Waals surface area contributed by atoms with E-state index in [0.29, 0.717) is 6.04 Å². The third-order valence-corrected chi connectivity index (χ3v) is 6.00. The molecule has 1 aliphatic rings. The van der Waals surface area contributed by atoms with Crippen molar-refractivity contribution in [3.8, 4) is 0 Å². The van der Waals surface area contributed by atoms with Crippen molar-refractivity contribution in [2.45, 2.75) is 38.6 Å². The fourth-order valence-corrected chi connectivity index (χ4v) is 5.37. The second kappa shape index (κ2) is 6.06. The average molecular weight is 395 g/mol. The lowest BCUT2D eigenvalue weighted by atomic mass is 9.86. The van der Waals surface area contributed by atoms with E-state index in [9.17, 15) is 4.79 Å². The van der Waals surface area contributed by atoms with Gasteiger partial charge in [0.05, 0.1) is 13.1 Å². The first kappa shape index (κ1) is 14.5.